The summed E-state index contributed by atoms with van der Waals surface area (Å²) in [5, 5.41) is 3.10. The minimum absolute atomic E-state index is 0.0365. The van der Waals surface area contributed by atoms with Crippen LogP contribution in [0.2, 0.25) is 10.0 Å². The van der Waals surface area contributed by atoms with Crippen molar-refractivity contribution < 1.29 is 13.9 Å². The summed E-state index contributed by atoms with van der Waals surface area (Å²) in [6.45, 7) is 3.80. The van der Waals surface area contributed by atoms with Gasteiger partial charge in [-0.3, -0.25) is 0 Å². The third-order valence-electron chi connectivity index (χ3n) is 3.75. The molecule has 0 aliphatic carbocycles. The van der Waals surface area contributed by atoms with E-state index >= 15 is 0 Å². The molecular weight excluding hydrogens is 330 g/mol. The summed E-state index contributed by atoms with van der Waals surface area (Å²) >= 11 is 11.7. The molecule has 0 saturated carbocycles. The summed E-state index contributed by atoms with van der Waals surface area (Å²) in [5.41, 5.74) is 0.495. The van der Waals surface area contributed by atoms with Crippen molar-refractivity contribution in [2.24, 2.45) is 5.92 Å². The van der Waals surface area contributed by atoms with Gasteiger partial charge in [-0.15, -0.1) is 0 Å². The Morgan fingerprint density at radius 2 is 2.23 bits per heavy atom. The highest BCUT2D eigenvalue weighted by atomic mass is 35.5. The van der Waals surface area contributed by atoms with Gasteiger partial charge in [-0.1, -0.05) is 23.2 Å². The maximum Gasteiger partial charge on any atom is 0.317 e. The van der Waals surface area contributed by atoms with Gasteiger partial charge in [-0.25, -0.2) is 9.18 Å². The molecule has 0 radical (unpaired) electrons. The Bertz CT molecular complexity index is 551. The van der Waals surface area contributed by atoms with Crippen LogP contribution in [0, 0.1) is 11.7 Å². The molecule has 7 heteroatoms. The average Bonchev–Trinajstić information content (AvgIpc) is 2.95. The number of hydrogen-bond donors (Lipinski definition) is 1. The van der Waals surface area contributed by atoms with Crippen molar-refractivity contribution in [2.45, 2.75) is 19.4 Å². The largest absolute Gasteiger partial charge is 0.381 e. The van der Waals surface area contributed by atoms with Crippen LogP contribution < -0.4 is 5.32 Å². The summed E-state index contributed by atoms with van der Waals surface area (Å²) in [6, 6.07) is 1.94. The fourth-order valence-electron chi connectivity index (χ4n) is 2.44. The number of urea groups is 1. The summed E-state index contributed by atoms with van der Waals surface area (Å²) in [7, 11) is 1.73. The second-order valence-corrected chi connectivity index (χ2v) is 6.38. The molecule has 22 heavy (non-hydrogen) atoms. The summed E-state index contributed by atoms with van der Waals surface area (Å²) < 4.78 is 18.9. The predicted molar refractivity (Wildman–Crippen MR) is 84.9 cm³/mol. The Labute approximate surface area is 139 Å². The Kier molecular flexibility index (Phi) is 5.89. The molecular formula is C15H19Cl2FN2O2. The van der Waals surface area contributed by atoms with Crippen molar-refractivity contribution in [1.29, 1.82) is 0 Å². The number of nitrogens with one attached hydrogen (secondary N) is 1. The number of ether oxygens (including phenoxy) is 1. The Morgan fingerprint density at radius 1 is 1.50 bits per heavy atom. The monoisotopic (exact) mass is 348 g/mol. The number of nitrogens with zero attached hydrogens (tertiary/aromatic N) is 1. The first-order valence-electron chi connectivity index (χ1n) is 7.12. The van der Waals surface area contributed by atoms with Crippen LogP contribution in [-0.4, -0.2) is 37.7 Å². The third-order valence-corrected chi connectivity index (χ3v) is 4.37. The Balaban J connectivity index is 1.97. The lowest BCUT2D eigenvalue weighted by molar-refractivity contribution is 0.170. The van der Waals surface area contributed by atoms with Crippen LogP contribution in [0.1, 0.15) is 24.9 Å². The van der Waals surface area contributed by atoms with E-state index in [0.29, 0.717) is 29.7 Å². The van der Waals surface area contributed by atoms with Gasteiger partial charge in [0.05, 0.1) is 17.7 Å². The van der Waals surface area contributed by atoms with Crippen LogP contribution in [0.15, 0.2) is 12.1 Å². The molecule has 1 aliphatic heterocycles. The molecule has 1 aliphatic rings. The van der Waals surface area contributed by atoms with Crippen LogP contribution in [0.5, 0.6) is 0 Å². The lowest BCUT2D eigenvalue weighted by Crippen LogP contribution is -2.41. The fraction of sp³-hybridized carbons (Fsp3) is 0.533. The maximum atomic E-state index is 13.6. The van der Waals surface area contributed by atoms with E-state index in [1.54, 1.807) is 18.9 Å². The molecule has 1 aromatic rings. The van der Waals surface area contributed by atoms with E-state index < -0.39 is 11.9 Å². The lowest BCUT2D eigenvalue weighted by Gasteiger charge is -2.24. The van der Waals surface area contributed by atoms with Crippen LogP contribution >= 0.6 is 23.2 Å². The SMILES string of the molecule is C[C@@H](NC(=O)N(C)C[C@@H]1CCOC1)c1cc(F)c(Cl)cc1Cl. The zero-order valence-corrected chi connectivity index (χ0v) is 14.0. The number of carbonyl (C=O) groups excluding carboxylic acids is 1. The number of hydrogen-bond acceptors (Lipinski definition) is 2. The average molecular weight is 349 g/mol. The van der Waals surface area contributed by atoms with E-state index in [4.69, 9.17) is 27.9 Å². The van der Waals surface area contributed by atoms with Gasteiger partial charge < -0.3 is 15.0 Å². The van der Waals surface area contributed by atoms with Gasteiger partial charge >= 0.3 is 6.03 Å². The number of benzene rings is 1. The number of amides is 2. The molecule has 2 amide bonds. The smallest absolute Gasteiger partial charge is 0.317 e. The number of halogens is 3. The topological polar surface area (TPSA) is 41.6 Å². The fourth-order valence-corrected chi connectivity index (χ4v) is 2.99. The molecule has 1 fully saturated rings. The van der Waals surface area contributed by atoms with Crippen LogP contribution in [-0.2, 0) is 4.74 Å². The van der Waals surface area contributed by atoms with Gasteiger partial charge in [-0.2, -0.15) is 0 Å². The van der Waals surface area contributed by atoms with Crippen molar-refractivity contribution in [3.63, 3.8) is 0 Å². The van der Waals surface area contributed by atoms with E-state index in [9.17, 15) is 9.18 Å². The molecule has 122 valence electrons. The number of rotatable bonds is 4. The molecule has 1 N–H and O–H groups in total. The second-order valence-electron chi connectivity index (χ2n) is 5.57. The molecule has 1 saturated heterocycles. The predicted octanol–water partition coefficient (Wildman–Crippen LogP) is 3.87. The highest BCUT2D eigenvalue weighted by molar-refractivity contribution is 6.35. The van der Waals surface area contributed by atoms with Crippen molar-refractivity contribution >= 4 is 29.2 Å². The summed E-state index contributed by atoms with van der Waals surface area (Å²) in [6.07, 6.45) is 0.960. The zero-order valence-electron chi connectivity index (χ0n) is 12.5. The number of carbonyl (C=O) groups is 1. The molecule has 0 bridgehead atoms. The van der Waals surface area contributed by atoms with Gasteiger partial charge in [0.1, 0.15) is 5.82 Å². The Hall–Kier alpha value is -1.04. The third kappa shape index (κ3) is 4.24. The highest BCUT2D eigenvalue weighted by Gasteiger charge is 2.22. The summed E-state index contributed by atoms with van der Waals surface area (Å²) in [4.78, 5) is 13.8. The van der Waals surface area contributed by atoms with Gasteiger partial charge in [0.2, 0.25) is 0 Å². The van der Waals surface area contributed by atoms with Gasteiger partial charge in [0.25, 0.3) is 0 Å². The van der Waals surface area contributed by atoms with Gasteiger partial charge in [0.15, 0.2) is 0 Å². The molecule has 0 spiro atoms. The van der Waals surface area contributed by atoms with E-state index in [1.807, 2.05) is 0 Å². The first kappa shape index (κ1) is 17.3. The van der Waals surface area contributed by atoms with E-state index in [0.717, 1.165) is 13.0 Å². The van der Waals surface area contributed by atoms with E-state index in [-0.39, 0.29) is 11.1 Å². The quantitative estimate of drug-likeness (QED) is 0.839. The highest BCUT2D eigenvalue weighted by Crippen LogP contribution is 2.28. The second kappa shape index (κ2) is 7.49. The molecule has 1 heterocycles. The molecule has 1 aromatic carbocycles. The van der Waals surface area contributed by atoms with Gasteiger partial charge in [-0.05, 0) is 31.0 Å². The molecule has 4 nitrogen and oxygen atoms in total. The van der Waals surface area contributed by atoms with Crippen LogP contribution in [0.3, 0.4) is 0 Å². The normalized spacial score (nSPS) is 19.0. The Morgan fingerprint density at radius 3 is 2.86 bits per heavy atom. The molecule has 2 atom stereocenters. The molecule has 2 rings (SSSR count). The van der Waals surface area contributed by atoms with E-state index in [2.05, 4.69) is 5.32 Å². The first-order chi connectivity index (χ1) is 10.4. The van der Waals surface area contributed by atoms with E-state index in [1.165, 1.54) is 12.1 Å². The standard InChI is InChI=1S/C15H19Cl2FN2O2/c1-9(11-5-14(18)13(17)6-12(11)16)19-15(21)20(2)7-10-3-4-22-8-10/h5-6,9-10H,3-4,7-8H2,1-2H3,(H,19,21)/t9-,10+/m1/s1. The van der Waals surface area contributed by atoms with Gasteiger partial charge in [0, 0.05) is 31.1 Å². The van der Waals surface area contributed by atoms with Crippen molar-refractivity contribution in [1.82, 2.24) is 10.2 Å². The minimum atomic E-state index is -0.557. The summed E-state index contributed by atoms with van der Waals surface area (Å²) in [5.74, 6) is -0.193. The first-order valence-corrected chi connectivity index (χ1v) is 7.88. The molecule has 0 unspecified atom stereocenters. The zero-order chi connectivity index (χ0) is 16.3. The lowest BCUT2D eigenvalue weighted by atomic mass is 10.1. The van der Waals surface area contributed by atoms with Crippen molar-refractivity contribution in [3.05, 3.63) is 33.6 Å². The minimum Gasteiger partial charge on any atom is -0.381 e. The molecule has 0 aromatic heterocycles. The maximum absolute atomic E-state index is 13.6. The van der Waals surface area contributed by atoms with Crippen LogP contribution in [0.4, 0.5) is 9.18 Å². The van der Waals surface area contributed by atoms with Crippen molar-refractivity contribution in [3.8, 4) is 0 Å². The van der Waals surface area contributed by atoms with Crippen LogP contribution in [0.25, 0.3) is 0 Å². The van der Waals surface area contributed by atoms with Crippen molar-refractivity contribution in [2.75, 3.05) is 26.8 Å².